The van der Waals surface area contributed by atoms with E-state index in [-0.39, 0.29) is 47.2 Å². The molecule has 0 bridgehead atoms. The smallest absolute Gasteiger partial charge is 0.343 e. The van der Waals surface area contributed by atoms with Crippen molar-refractivity contribution in [2.75, 3.05) is 4.90 Å². The first-order valence-corrected chi connectivity index (χ1v) is 10.4. The molecule has 3 atom stereocenters. The van der Waals surface area contributed by atoms with Crippen LogP contribution in [0.1, 0.15) is 48.7 Å². The molecule has 0 fully saturated rings. The zero-order valence-corrected chi connectivity index (χ0v) is 17.5. The second-order valence-corrected chi connectivity index (χ2v) is 8.54. The van der Waals surface area contributed by atoms with Gasteiger partial charge in [0.1, 0.15) is 6.61 Å². The third-order valence-electron chi connectivity index (χ3n) is 6.87. The molecule has 10 nitrogen and oxygen atoms in total. The number of aliphatic hydroxyl groups is 1. The van der Waals surface area contributed by atoms with Gasteiger partial charge in [0.05, 0.1) is 16.5 Å². The minimum absolute atomic E-state index is 0.0404. The second kappa shape index (κ2) is 6.73. The molecule has 0 aliphatic carbocycles. The van der Waals surface area contributed by atoms with Gasteiger partial charge in [0.25, 0.3) is 11.2 Å². The molecule has 1 aromatic heterocycles. The van der Waals surface area contributed by atoms with Crippen LogP contribution in [0.5, 0.6) is 0 Å². The first-order chi connectivity index (χ1) is 15.2. The number of nitro benzene ring substituents is 1. The maximum Gasteiger partial charge on any atom is 0.343 e. The van der Waals surface area contributed by atoms with Crippen LogP contribution in [-0.4, -0.2) is 26.5 Å². The maximum atomic E-state index is 13.3. The van der Waals surface area contributed by atoms with Crippen LogP contribution in [0.3, 0.4) is 0 Å². The zero-order chi connectivity index (χ0) is 22.9. The number of cyclic esters (lactones) is 1. The highest BCUT2D eigenvalue weighted by Gasteiger charge is 2.49. The van der Waals surface area contributed by atoms with Crippen molar-refractivity contribution in [3.05, 3.63) is 67.1 Å². The molecule has 0 saturated carbocycles. The third-order valence-corrected chi connectivity index (χ3v) is 6.87. The van der Waals surface area contributed by atoms with Gasteiger partial charge in [-0.25, -0.2) is 4.79 Å². The molecule has 1 aromatic carbocycles. The Hall–Kier alpha value is -3.53. The standard InChI is InChI=1S/C22H21N3O7/c1-3-22(29)16-8-18-19-13(9-23(18)20(27)15(16)10-32-21(22)28)6-12-7-14(25(30)31)4-5-17(12)24(19)11(2)26/h4-5,7-8,13,19,29H,3,6,9-10H2,1-2H3/t13?,19?,22-/m0/s1. The number of nitro groups is 1. The van der Waals surface area contributed by atoms with Crippen molar-refractivity contribution in [3.8, 4) is 0 Å². The number of carbonyl (C=O) groups excluding carboxylic acids is 2. The van der Waals surface area contributed by atoms with Crippen molar-refractivity contribution in [3.63, 3.8) is 0 Å². The normalized spacial score (nSPS) is 25.3. The summed E-state index contributed by atoms with van der Waals surface area (Å²) in [6.07, 6.45) is 0.490. The van der Waals surface area contributed by atoms with Crippen LogP contribution in [0, 0.1) is 16.0 Å². The predicted molar refractivity (Wildman–Crippen MR) is 111 cm³/mol. The van der Waals surface area contributed by atoms with Crippen LogP contribution < -0.4 is 10.5 Å². The lowest BCUT2D eigenvalue weighted by molar-refractivity contribution is -0.384. The molecule has 0 saturated heterocycles. The van der Waals surface area contributed by atoms with E-state index in [1.165, 1.54) is 19.1 Å². The number of ether oxygens (including phenoxy) is 1. The molecule has 0 spiro atoms. The molecule has 10 heteroatoms. The topological polar surface area (TPSA) is 132 Å². The number of fused-ring (bicyclic) bond motifs is 5. The van der Waals surface area contributed by atoms with Crippen molar-refractivity contribution in [1.29, 1.82) is 0 Å². The number of rotatable bonds is 2. The van der Waals surface area contributed by atoms with Gasteiger partial charge in [-0.15, -0.1) is 0 Å². The maximum absolute atomic E-state index is 13.3. The lowest BCUT2D eigenvalue weighted by Gasteiger charge is -2.38. The van der Waals surface area contributed by atoms with E-state index in [0.29, 0.717) is 29.9 Å². The second-order valence-electron chi connectivity index (χ2n) is 8.54. The Morgan fingerprint density at radius 1 is 1.34 bits per heavy atom. The number of benzene rings is 1. The predicted octanol–water partition coefficient (Wildman–Crippen LogP) is 1.69. The number of pyridine rings is 1. The highest BCUT2D eigenvalue weighted by Crippen LogP contribution is 2.48. The molecule has 32 heavy (non-hydrogen) atoms. The van der Waals surface area contributed by atoms with Crippen LogP contribution in [-0.2, 0) is 39.5 Å². The van der Waals surface area contributed by atoms with E-state index >= 15 is 0 Å². The van der Waals surface area contributed by atoms with Gasteiger partial charge in [-0.2, -0.15) is 0 Å². The van der Waals surface area contributed by atoms with E-state index in [0.717, 1.165) is 0 Å². The monoisotopic (exact) mass is 439 g/mol. The first-order valence-electron chi connectivity index (χ1n) is 10.4. The van der Waals surface area contributed by atoms with E-state index in [2.05, 4.69) is 0 Å². The summed E-state index contributed by atoms with van der Waals surface area (Å²) in [6.45, 7) is 3.15. The summed E-state index contributed by atoms with van der Waals surface area (Å²) in [5.74, 6) is -1.24. The van der Waals surface area contributed by atoms with Gasteiger partial charge in [0, 0.05) is 48.5 Å². The van der Waals surface area contributed by atoms with Crippen LogP contribution in [0.15, 0.2) is 29.1 Å². The lowest BCUT2D eigenvalue weighted by Crippen LogP contribution is -2.45. The number of nitrogens with zero attached hydrogens (tertiary/aromatic N) is 3. The SMILES string of the molecule is CC[C@@]1(O)C(=O)OCc2c1cc1n(c2=O)CC2Cc3cc([N+](=O)[O-])ccc3N(C(C)=O)C12. The minimum atomic E-state index is -1.92. The number of amides is 1. The Labute approximate surface area is 182 Å². The highest BCUT2D eigenvalue weighted by molar-refractivity contribution is 5.94. The Morgan fingerprint density at radius 2 is 2.09 bits per heavy atom. The molecule has 1 amide bonds. The lowest BCUT2D eigenvalue weighted by atomic mass is 9.83. The van der Waals surface area contributed by atoms with Crippen molar-refractivity contribution in [2.24, 2.45) is 5.92 Å². The number of esters is 1. The van der Waals surface area contributed by atoms with Gasteiger partial charge >= 0.3 is 5.97 Å². The van der Waals surface area contributed by atoms with Gasteiger partial charge in [0.2, 0.25) is 5.91 Å². The Balaban J connectivity index is 1.71. The van der Waals surface area contributed by atoms with E-state index in [9.17, 15) is 29.6 Å². The quantitative estimate of drug-likeness (QED) is 0.428. The van der Waals surface area contributed by atoms with Crippen molar-refractivity contribution in [1.82, 2.24) is 4.57 Å². The van der Waals surface area contributed by atoms with Gasteiger partial charge in [0.15, 0.2) is 5.60 Å². The molecule has 3 aliphatic rings. The molecule has 166 valence electrons. The summed E-state index contributed by atoms with van der Waals surface area (Å²) in [4.78, 5) is 50.7. The Morgan fingerprint density at radius 3 is 2.75 bits per heavy atom. The summed E-state index contributed by atoms with van der Waals surface area (Å²) >= 11 is 0. The Bertz CT molecular complexity index is 1270. The molecule has 3 aliphatic heterocycles. The molecular weight excluding hydrogens is 418 g/mol. The fourth-order valence-corrected chi connectivity index (χ4v) is 5.33. The van der Waals surface area contributed by atoms with Gasteiger partial charge in [-0.3, -0.25) is 19.7 Å². The summed E-state index contributed by atoms with van der Waals surface area (Å²) in [6, 6.07) is 5.55. The average Bonchev–Trinajstić information content (AvgIpc) is 3.12. The molecule has 2 unspecified atom stereocenters. The molecule has 2 aromatic rings. The van der Waals surface area contributed by atoms with Gasteiger partial charge in [-0.1, -0.05) is 6.92 Å². The fraction of sp³-hybridized carbons (Fsp3) is 0.409. The molecule has 5 rings (SSSR count). The number of aromatic nitrogens is 1. The van der Waals surface area contributed by atoms with Crippen LogP contribution in [0.25, 0.3) is 0 Å². The molecule has 0 radical (unpaired) electrons. The number of carbonyl (C=O) groups is 2. The molecule has 1 N–H and O–H groups in total. The number of anilines is 1. The Kier molecular flexibility index (Phi) is 4.29. The largest absolute Gasteiger partial charge is 0.458 e. The van der Waals surface area contributed by atoms with Crippen molar-refractivity contribution in [2.45, 2.75) is 51.5 Å². The van der Waals surface area contributed by atoms with Crippen LogP contribution in [0.4, 0.5) is 11.4 Å². The van der Waals surface area contributed by atoms with Gasteiger partial charge < -0.3 is 19.3 Å². The third kappa shape index (κ3) is 2.59. The fourth-order valence-electron chi connectivity index (χ4n) is 5.33. The van der Waals surface area contributed by atoms with E-state index in [1.807, 2.05) is 0 Å². The number of hydrogen-bond donors (Lipinski definition) is 1. The summed E-state index contributed by atoms with van der Waals surface area (Å²) < 4.78 is 6.65. The molecular formula is C22H21N3O7. The van der Waals surface area contributed by atoms with Crippen LogP contribution in [0.2, 0.25) is 0 Å². The number of hydrogen-bond acceptors (Lipinski definition) is 7. The highest BCUT2D eigenvalue weighted by atomic mass is 16.6. The van der Waals surface area contributed by atoms with Crippen molar-refractivity contribution < 1.29 is 24.4 Å². The summed E-state index contributed by atoms with van der Waals surface area (Å²) in [5.41, 5.74) is -0.0980. The van der Waals surface area contributed by atoms with Crippen LogP contribution >= 0.6 is 0 Å². The van der Waals surface area contributed by atoms with Crippen molar-refractivity contribution >= 4 is 23.3 Å². The molecule has 4 heterocycles. The first kappa shape index (κ1) is 20.4. The minimum Gasteiger partial charge on any atom is -0.458 e. The van der Waals surface area contributed by atoms with E-state index < -0.39 is 22.5 Å². The number of non-ortho nitro benzene ring substituents is 1. The van der Waals surface area contributed by atoms with E-state index in [1.54, 1.807) is 28.5 Å². The summed E-state index contributed by atoms with van der Waals surface area (Å²) in [7, 11) is 0. The van der Waals surface area contributed by atoms with E-state index in [4.69, 9.17) is 4.74 Å². The average molecular weight is 439 g/mol. The summed E-state index contributed by atoms with van der Waals surface area (Å²) in [5, 5.41) is 22.2. The van der Waals surface area contributed by atoms with Gasteiger partial charge in [-0.05, 0) is 30.5 Å². The zero-order valence-electron chi connectivity index (χ0n) is 17.5.